The van der Waals surface area contributed by atoms with Gasteiger partial charge in [0.15, 0.2) is 0 Å². The quantitative estimate of drug-likeness (QED) is 0.911. The maximum absolute atomic E-state index is 12.1. The van der Waals surface area contributed by atoms with E-state index in [0.717, 1.165) is 5.56 Å². The maximum Gasteiger partial charge on any atom is 0.255 e. The molecule has 0 fully saturated rings. The molecule has 0 saturated carbocycles. The average molecular weight is 289 g/mol. The zero-order chi connectivity index (χ0) is 14.7. The maximum atomic E-state index is 12.1. The van der Waals surface area contributed by atoms with Crippen molar-refractivity contribution in [2.45, 2.75) is 6.92 Å². The van der Waals surface area contributed by atoms with Crippen LogP contribution in [0.25, 0.3) is 0 Å². The Labute approximate surface area is 121 Å². The molecule has 0 unspecified atom stereocenters. The standard InChI is InChI=1S/C15H13ClN2O2/c1-9-8-12(16)6-7-13(9)18-15(20)11-4-2-10(3-5-11)14(17)19/h2-8H,1H3,(H2,17,19)(H,18,20). The summed E-state index contributed by atoms with van der Waals surface area (Å²) in [4.78, 5) is 23.0. The number of aryl methyl sites for hydroxylation is 1. The van der Waals surface area contributed by atoms with Gasteiger partial charge in [-0.1, -0.05) is 11.6 Å². The Morgan fingerprint density at radius 2 is 1.65 bits per heavy atom. The Balaban J connectivity index is 2.17. The lowest BCUT2D eigenvalue weighted by Crippen LogP contribution is -2.14. The monoisotopic (exact) mass is 288 g/mol. The minimum absolute atomic E-state index is 0.258. The number of carbonyl (C=O) groups excluding carboxylic acids is 2. The van der Waals surface area contributed by atoms with E-state index in [-0.39, 0.29) is 5.91 Å². The number of nitrogens with two attached hydrogens (primary N) is 1. The number of hydrogen-bond donors (Lipinski definition) is 2. The predicted octanol–water partition coefficient (Wildman–Crippen LogP) is 3.00. The lowest BCUT2D eigenvalue weighted by atomic mass is 10.1. The van der Waals surface area contributed by atoms with Gasteiger partial charge in [-0.3, -0.25) is 9.59 Å². The highest BCUT2D eigenvalue weighted by molar-refractivity contribution is 6.30. The van der Waals surface area contributed by atoms with Crippen molar-refractivity contribution in [1.82, 2.24) is 0 Å². The first kappa shape index (κ1) is 14.1. The number of carbonyl (C=O) groups is 2. The van der Waals surface area contributed by atoms with Crippen LogP contribution >= 0.6 is 11.6 Å². The number of anilines is 1. The van der Waals surface area contributed by atoms with Crippen molar-refractivity contribution in [3.05, 3.63) is 64.2 Å². The number of amides is 2. The Hall–Kier alpha value is -2.33. The van der Waals surface area contributed by atoms with E-state index in [2.05, 4.69) is 5.32 Å². The predicted molar refractivity (Wildman–Crippen MR) is 79.1 cm³/mol. The van der Waals surface area contributed by atoms with Crippen molar-refractivity contribution in [3.63, 3.8) is 0 Å². The highest BCUT2D eigenvalue weighted by Gasteiger charge is 2.09. The molecule has 2 aromatic rings. The first-order valence-electron chi connectivity index (χ1n) is 5.95. The zero-order valence-electron chi connectivity index (χ0n) is 10.8. The second kappa shape index (κ2) is 5.75. The van der Waals surface area contributed by atoms with E-state index in [0.29, 0.717) is 21.8 Å². The van der Waals surface area contributed by atoms with Crippen molar-refractivity contribution >= 4 is 29.1 Å². The second-order valence-electron chi connectivity index (χ2n) is 4.35. The van der Waals surface area contributed by atoms with Crippen molar-refractivity contribution in [2.24, 2.45) is 5.73 Å². The molecule has 0 radical (unpaired) electrons. The fraction of sp³-hybridized carbons (Fsp3) is 0.0667. The molecule has 20 heavy (non-hydrogen) atoms. The number of nitrogens with one attached hydrogen (secondary N) is 1. The summed E-state index contributed by atoms with van der Waals surface area (Å²) in [6, 6.07) is 11.4. The molecule has 0 saturated heterocycles. The molecule has 2 rings (SSSR count). The summed E-state index contributed by atoms with van der Waals surface area (Å²) in [6.07, 6.45) is 0. The molecule has 5 heteroatoms. The largest absolute Gasteiger partial charge is 0.366 e. The van der Waals surface area contributed by atoms with Gasteiger partial charge in [-0.2, -0.15) is 0 Å². The summed E-state index contributed by atoms with van der Waals surface area (Å²) in [5, 5.41) is 3.41. The number of primary amides is 1. The first-order chi connectivity index (χ1) is 9.47. The van der Waals surface area contributed by atoms with Crippen LogP contribution in [0.4, 0.5) is 5.69 Å². The SMILES string of the molecule is Cc1cc(Cl)ccc1NC(=O)c1ccc(C(N)=O)cc1. The van der Waals surface area contributed by atoms with Gasteiger partial charge in [0.2, 0.25) is 5.91 Å². The molecule has 0 aliphatic rings. The van der Waals surface area contributed by atoms with Crippen molar-refractivity contribution in [3.8, 4) is 0 Å². The van der Waals surface area contributed by atoms with E-state index >= 15 is 0 Å². The van der Waals surface area contributed by atoms with E-state index < -0.39 is 5.91 Å². The molecule has 0 bridgehead atoms. The van der Waals surface area contributed by atoms with Crippen molar-refractivity contribution in [1.29, 1.82) is 0 Å². The molecule has 0 heterocycles. The summed E-state index contributed by atoms with van der Waals surface area (Å²) in [6.45, 7) is 1.86. The van der Waals surface area contributed by atoms with E-state index in [1.165, 1.54) is 12.1 Å². The Morgan fingerprint density at radius 3 is 2.20 bits per heavy atom. The molecule has 0 aliphatic heterocycles. The van der Waals surface area contributed by atoms with Crippen LogP contribution < -0.4 is 11.1 Å². The van der Waals surface area contributed by atoms with Gasteiger partial charge in [0, 0.05) is 21.8 Å². The molecule has 0 aromatic heterocycles. The minimum Gasteiger partial charge on any atom is -0.366 e. The number of halogens is 1. The van der Waals surface area contributed by atoms with Gasteiger partial charge in [0.1, 0.15) is 0 Å². The van der Waals surface area contributed by atoms with E-state index in [9.17, 15) is 9.59 Å². The summed E-state index contributed by atoms with van der Waals surface area (Å²) in [7, 11) is 0. The molecule has 3 N–H and O–H groups in total. The zero-order valence-corrected chi connectivity index (χ0v) is 11.6. The highest BCUT2D eigenvalue weighted by Crippen LogP contribution is 2.20. The van der Waals surface area contributed by atoms with Crippen LogP contribution in [0, 0.1) is 6.92 Å². The van der Waals surface area contributed by atoms with Crippen molar-refractivity contribution in [2.75, 3.05) is 5.32 Å². The first-order valence-corrected chi connectivity index (χ1v) is 6.32. The third kappa shape index (κ3) is 3.16. The summed E-state index contributed by atoms with van der Waals surface area (Å²) >= 11 is 5.86. The third-order valence-electron chi connectivity index (χ3n) is 2.87. The lowest BCUT2D eigenvalue weighted by Gasteiger charge is -2.09. The Kier molecular flexibility index (Phi) is 4.05. The molecular formula is C15H13ClN2O2. The van der Waals surface area contributed by atoms with E-state index in [1.807, 2.05) is 6.92 Å². The summed E-state index contributed by atoms with van der Waals surface area (Å²) < 4.78 is 0. The molecular weight excluding hydrogens is 276 g/mol. The normalized spacial score (nSPS) is 10.1. The van der Waals surface area contributed by atoms with Crippen molar-refractivity contribution < 1.29 is 9.59 Å². The number of benzene rings is 2. The number of rotatable bonds is 3. The molecule has 0 aliphatic carbocycles. The summed E-state index contributed by atoms with van der Waals surface area (Å²) in [5.74, 6) is -0.781. The van der Waals surface area contributed by atoms with Gasteiger partial charge in [0.25, 0.3) is 5.91 Å². The van der Waals surface area contributed by atoms with Crippen LogP contribution in [0.2, 0.25) is 5.02 Å². The van der Waals surface area contributed by atoms with Gasteiger partial charge in [-0.25, -0.2) is 0 Å². The second-order valence-corrected chi connectivity index (χ2v) is 4.79. The van der Waals surface area contributed by atoms with Gasteiger partial charge in [-0.15, -0.1) is 0 Å². The smallest absolute Gasteiger partial charge is 0.255 e. The average Bonchev–Trinajstić information content (AvgIpc) is 2.42. The van der Waals surface area contributed by atoms with Gasteiger partial charge >= 0.3 is 0 Å². The van der Waals surface area contributed by atoms with Crippen LogP contribution in [0.3, 0.4) is 0 Å². The van der Waals surface area contributed by atoms with Crippen LogP contribution in [0.5, 0.6) is 0 Å². The van der Waals surface area contributed by atoms with Gasteiger partial charge in [-0.05, 0) is 55.0 Å². The topological polar surface area (TPSA) is 72.2 Å². The van der Waals surface area contributed by atoms with Crippen LogP contribution in [-0.4, -0.2) is 11.8 Å². The van der Waals surface area contributed by atoms with Crippen LogP contribution in [0.1, 0.15) is 26.3 Å². The molecule has 102 valence electrons. The minimum atomic E-state index is -0.523. The molecule has 4 nitrogen and oxygen atoms in total. The highest BCUT2D eigenvalue weighted by atomic mass is 35.5. The van der Waals surface area contributed by atoms with E-state index in [1.54, 1.807) is 30.3 Å². The fourth-order valence-electron chi connectivity index (χ4n) is 1.75. The Bertz CT molecular complexity index is 666. The molecule has 0 spiro atoms. The Morgan fingerprint density at radius 1 is 1.05 bits per heavy atom. The third-order valence-corrected chi connectivity index (χ3v) is 3.10. The van der Waals surface area contributed by atoms with Gasteiger partial charge in [0.05, 0.1) is 0 Å². The fourth-order valence-corrected chi connectivity index (χ4v) is 1.97. The van der Waals surface area contributed by atoms with E-state index in [4.69, 9.17) is 17.3 Å². The lowest BCUT2D eigenvalue weighted by molar-refractivity contribution is 0.0995. The molecule has 2 amide bonds. The van der Waals surface area contributed by atoms with Crippen LogP contribution in [0.15, 0.2) is 42.5 Å². The number of hydrogen-bond acceptors (Lipinski definition) is 2. The van der Waals surface area contributed by atoms with Crippen LogP contribution in [-0.2, 0) is 0 Å². The molecule has 0 atom stereocenters. The summed E-state index contributed by atoms with van der Waals surface area (Å²) in [5.41, 5.74) is 7.53. The van der Waals surface area contributed by atoms with Gasteiger partial charge < -0.3 is 11.1 Å². The molecule has 2 aromatic carbocycles.